The first kappa shape index (κ1) is 29.7. The van der Waals surface area contributed by atoms with E-state index in [4.69, 9.17) is 0 Å². The number of rotatable bonds is 13. The number of hydrogen-bond donors (Lipinski definition) is 1. The second kappa shape index (κ2) is 13.8. The van der Waals surface area contributed by atoms with Gasteiger partial charge in [-0.1, -0.05) is 68.7 Å². The van der Waals surface area contributed by atoms with Crippen LogP contribution in [0.25, 0.3) is 0 Å². The van der Waals surface area contributed by atoms with Crippen LogP contribution in [0.2, 0.25) is 0 Å². The number of benzene rings is 2. The fourth-order valence-corrected chi connectivity index (χ4v) is 6.16. The molecule has 1 fully saturated rings. The lowest BCUT2D eigenvalue weighted by Crippen LogP contribution is -2.51. The SMILES string of the molecule is CCc1ccc(N(CCCC(=O)N(Cc2cccc(C)c2)[C@H](CC)C(=O)NC2CCCC2)S(C)(=O)=O)cc1. The summed E-state index contributed by atoms with van der Waals surface area (Å²) in [6.45, 7) is 6.52. The number of carbonyl (C=O) groups excluding carboxylic acids is 2. The van der Waals surface area contributed by atoms with E-state index in [1.165, 1.54) is 10.6 Å². The van der Waals surface area contributed by atoms with Gasteiger partial charge in [-0.15, -0.1) is 0 Å². The Balaban J connectivity index is 1.75. The van der Waals surface area contributed by atoms with Crippen molar-refractivity contribution in [3.05, 3.63) is 65.2 Å². The van der Waals surface area contributed by atoms with Gasteiger partial charge in [0.25, 0.3) is 0 Å². The van der Waals surface area contributed by atoms with E-state index >= 15 is 0 Å². The molecule has 0 aromatic heterocycles. The predicted molar refractivity (Wildman–Crippen MR) is 153 cm³/mol. The lowest BCUT2D eigenvalue weighted by atomic mass is 10.1. The van der Waals surface area contributed by atoms with Crippen LogP contribution in [0, 0.1) is 6.92 Å². The van der Waals surface area contributed by atoms with E-state index in [0.29, 0.717) is 25.1 Å². The predicted octanol–water partition coefficient (Wildman–Crippen LogP) is 4.97. The number of anilines is 1. The monoisotopic (exact) mass is 541 g/mol. The van der Waals surface area contributed by atoms with Crippen molar-refractivity contribution in [3.8, 4) is 0 Å². The summed E-state index contributed by atoms with van der Waals surface area (Å²) < 4.78 is 26.5. The van der Waals surface area contributed by atoms with Crippen molar-refractivity contribution >= 4 is 27.5 Å². The molecule has 1 saturated carbocycles. The second-order valence-electron chi connectivity index (χ2n) is 10.4. The third kappa shape index (κ3) is 8.32. The highest BCUT2D eigenvalue weighted by molar-refractivity contribution is 7.92. The van der Waals surface area contributed by atoms with Crippen molar-refractivity contribution in [2.24, 2.45) is 0 Å². The lowest BCUT2D eigenvalue weighted by molar-refractivity contribution is -0.141. The fourth-order valence-electron chi connectivity index (χ4n) is 5.20. The zero-order valence-electron chi connectivity index (χ0n) is 23.3. The number of nitrogens with zero attached hydrogens (tertiary/aromatic N) is 2. The molecule has 1 aliphatic rings. The van der Waals surface area contributed by atoms with Crippen molar-refractivity contribution in [2.75, 3.05) is 17.1 Å². The Morgan fingerprint density at radius 3 is 2.29 bits per heavy atom. The van der Waals surface area contributed by atoms with Crippen LogP contribution in [0.4, 0.5) is 5.69 Å². The molecule has 7 nitrogen and oxygen atoms in total. The van der Waals surface area contributed by atoms with Crippen molar-refractivity contribution < 1.29 is 18.0 Å². The summed E-state index contributed by atoms with van der Waals surface area (Å²) in [5.41, 5.74) is 3.79. The van der Waals surface area contributed by atoms with Crippen LogP contribution < -0.4 is 9.62 Å². The van der Waals surface area contributed by atoms with Crippen LogP contribution in [0.5, 0.6) is 0 Å². The Hall–Kier alpha value is -2.87. The van der Waals surface area contributed by atoms with Gasteiger partial charge in [0.2, 0.25) is 21.8 Å². The van der Waals surface area contributed by atoms with Crippen molar-refractivity contribution in [2.45, 2.75) is 90.8 Å². The average molecular weight is 542 g/mol. The topological polar surface area (TPSA) is 86.8 Å². The molecule has 208 valence electrons. The molecule has 0 spiro atoms. The van der Waals surface area contributed by atoms with Gasteiger partial charge < -0.3 is 10.2 Å². The van der Waals surface area contributed by atoms with Crippen LogP contribution in [0.3, 0.4) is 0 Å². The molecule has 1 aliphatic carbocycles. The minimum absolute atomic E-state index is 0.103. The van der Waals surface area contributed by atoms with Gasteiger partial charge in [0.05, 0.1) is 11.9 Å². The number of sulfonamides is 1. The Morgan fingerprint density at radius 2 is 1.71 bits per heavy atom. The maximum absolute atomic E-state index is 13.6. The fraction of sp³-hybridized carbons (Fsp3) is 0.533. The van der Waals surface area contributed by atoms with Gasteiger partial charge in [0.1, 0.15) is 6.04 Å². The van der Waals surface area contributed by atoms with E-state index in [1.54, 1.807) is 4.90 Å². The number of carbonyl (C=O) groups is 2. The molecule has 8 heteroatoms. The van der Waals surface area contributed by atoms with Crippen LogP contribution in [0.15, 0.2) is 48.5 Å². The van der Waals surface area contributed by atoms with E-state index in [0.717, 1.165) is 48.8 Å². The van der Waals surface area contributed by atoms with Gasteiger partial charge in [-0.05, 0) is 62.3 Å². The Labute approximate surface area is 228 Å². The summed E-state index contributed by atoms with van der Waals surface area (Å²) >= 11 is 0. The van der Waals surface area contributed by atoms with Gasteiger partial charge in [-0.2, -0.15) is 0 Å². The summed E-state index contributed by atoms with van der Waals surface area (Å²) in [6, 6.07) is 15.1. The van der Waals surface area contributed by atoms with Gasteiger partial charge in [-0.25, -0.2) is 8.42 Å². The molecular weight excluding hydrogens is 498 g/mol. The zero-order chi connectivity index (χ0) is 27.7. The van der Waals surface area contributed by atoms with E-state index < -0.39 is 16.1 Å². The molecule has 0 saturated heterocycles. The third-order valence-corrected chi connectivity index (χ3v) is 8.50. The normalized spacial score (nSPS) is 14.7. The molecule has 0 unspecified atom stereocenters. The molecule has 2 amide bonds. The van der Waals surface area contributed by atoms with Crippen LogP contribution >= 0.6 is 0 Å². The Morgan fingerprint density at radius 1 is 1.03 bits per heavy atom. The van der Waals surface area contributed by atoms with E-state index in [1.807, 2.05) is 62.4 Å². The molecule has 3 rings (SSSR count). The molecule has 0 bridgehead atoms. The van der Waals surface area contributed by atoms with E-state index in [2.05, 4.69) is 12.2 Å². The molecule has 1 atom stereocenters. The molecule has 2 aromatic rings. The van der Waals surface area contributed by atoms with Crippen LogP contribution in [0.1, 0.15) is 75.5 Å². The molecule has 0 aliphatic heterocycles. The van der Waals surface area contributed by atoms with Crippen LogP contribution in [-0.2, 0) is 32.6 Å². The molecule has 38 heavy (non-hydrogen) atoms. The maximum Gasteiger partial charge on any atom is 0.243 e. The summed E-state index contributed by atoms with van der Waals surface area (Å²) in [4.78, 5) is 28.6. The van der Waals surface area contributed by atoms with Gasteiger partial charge in [0.15, 0.2) is 0 Å². The third-order valence-electron chi connectivity index (χ3n) is 7.31. The summed E-state index contributed by atoms with van der Waals surface area (Å²) in [5.74, 6) is -0.246. The second-order valence-corrected chi connectivity index (χ2v) is 12.3. The van der Waals surface area contributed by atoms with Crippen LogP contribution in [-0.4, -0.2) is 50.0 Å². The highest BCUT2D eigenvalue weighted by atomic mass is 32.2. The quantitative estimate of drug-likeness (QED) is 0.388. The number of nitrogens with one attached hydrogen (secondary N) is 1. The lowest BCUT2D eigenvalue weighted by Gasteiger charge is -2.32. The van der Waals surface area contributed by atoms with E-state index in [9.17, 15) is 18.0 Å². The Bertz CT molecular complexity index is 1170. The maximum atomic E-state index is 13.6. The van der Waals surface area contributed by atoms with Gasteiger partial charge >= 0.3 is 0 Å². The first-order valence-corrected chi connectivity index (χ1v) is 15.7. The first-order chi connectivity index (χ1) is 18.1. The zero-order valence-corrected chi connectivity index (χ0v) is 24.1. The summed E-state index contributed by atoms with van der Waals surface area (Å²) in [7, 11) is -3.51. The molecular formula is C30H43N3O4S. The standard InChI is InChI=1S/C30H43N3O4S/c1-5-24-16-18-27(19-17-24)33(38(4,36)37)20-10-15-29(34)32(22-25-12-9-11-23(3)21-25)28(6-2)30(35)31-26-13-7-8-14-26/h9,11-12,16-19,21,26,28H,5-8,10,13-15,20,22H2,1-4H3,(H,31,35)/t28-/m1/s1. The minimum Gasteiger partial charge on any atom is -0.352 e. The molecule has 2 aromatic carbocycles. The largest absolute Gasteiger partial charge is 0.352 e. The average Bonchev–Trinajstić information content (AvgIpc) is 3.39. The van der Waals surface area contributed by atoms with Crippen molar-refractivity contribution in [1.29, 1.82) is 0 Å². The summed E-state index contributed by atoms with van der Waals surface area (Å²) in [5, 5.41) is 3.17. The van der Waals surface area contributed by atoms with E-state index in [-0.39, 0.29) is 30.8 Å². The minimum atomic E-state index is -3.51. The highest BCUT2D eigenvalue weighted by Crippen LogP contribution is 2.22. The Kier molecular flexibility index (Phi) is 10.8. The van der Waals surface area contributed by atoms with Crippen molar-refractivity contribution in [1.82, 2.24) is 10.2 Å². The smallest absolute Gasteiger partial charge is 0.243 e. The molecule has 0 heterocycles. The highest BCUT2D eigenvalue weighted by Gasteiger charge is 2.30. The van der Waals surface area contributed by atoms with Gasteiger partial charge in [-0.3, -0.25) is 13.9 Å². The molecule has 0 radical (unpaired) electrons. The molecule has 1 N–H and O–H groups in total. The number of amides is 2. The first-order valence-electron chi connectivity index (χ1n) is 13.8. The number of hydrogen-bond acceptors (Lipinski definition) is 4. The summed E-state index contributed by atoms with van der Waals surface area (Å²) in [6.07, 6.45) is 7.27. The number of aryl methyl sites for hydroxylation is 2. The van der Waals surface area contributed by atoms with Gasteiger partial charge in [0, 0.05) is 25.6 Å². The van der Waals surface area contributed by atoms with Crippen molar-refractivity contribution in [3.63, 3.8) is 0 Å².